The fourth-order valence-electron chi connectivity index (χ4n) is 9.91. The number of aromatic amines is 1. The molecule has 1 N–H and O–H groups in total. The molecule has 0 saturated heterocycles. The zero-order valence-corrected chi connectivity index (χ0v) is 31.3. The number of nitrogens with one attached hydrogen (secondary N) is 1. The molecule has 6 aliphatic rings. The van der Waals surface area contributed by atoms with Gasteiger partial charge in [-0.15, -0.1) is 0 Å². The van der Waals surface area contributed by atoms with E-state index in [1.807, 2.05) is 26.0 Å². The fourth-order valence-corrected chi connectivity index (χ4v) is 9.91. The molecule has 0 spiro atoms. The van der Waals surface area contributed by atoms with E-state index in [1.54, 1.807) is 0 Å². The van der Waals surface area contributed by atoms with Crippen molar-refractivity contribution in [2.45, 2.75) is 101 Å². The van der Waals surface area contributed by atoms with Gasteiger partial charge in [0.05, 0.1) is 64.0 Å². The second-order valence-corrected chi connectivity index (χ2v) is 14.4. The minimum Gasteiger partial charge on any atom is -0.463 e. The van der Waals surface area contributed by atoms with Crippen LogP contribution in [0.25, 0.3) is 11.6 Å². The molecule has 0 saturated carbocycles. The Labute approximate surface area is 295 Å². The number of rotatable bonds is 8. The molecule has 5 heterocycles. The van der Waals surface area contributed by atoms with Crippen molar-refractivity contribution in [2.24, 2.45) is 37.6 Å². The molecule has 0 aromatic carbocycles. The number of aliphatic imine (C=N–C) groups is 3. The third-order valence-electron chi connectivity index (χ3n) is 12.6. The summed E-state index contributed by atoms with van der Waals surface area (Å²) in [5.74, 6) is -0.661. The Balaban J connectivity index is 1.60. The zero-order chi connectivity index (χ0) is 35.9. The molecule has 8 bridgehead atoms. The average Bonchev–Trinajstić information content (AvgIpc) is 3.89. The smallest absolute Gasteiger partial charge is 0.335 e. The zero-order valence-electron chi connectivity index (χ0n) is 31.3. The van der Waals surface area contributed by atoms with Gasteiger partial charge >= 0.3 is 11.9 Å². The molecule has 8 nitrogen and oxygen atoms in total. The molecule has 1 aromatic rings. The first-order valence-corrected chi connectivity index (χ1v) is 18.6. The van der Waals surface area contributed by atoms with E-state index in [0.29, 0.717) is 30.8 Å². The van der Waals surface area contributed by atoms with E-state index >= 15 is 0 Å². The number of ether oxygens (including phenoxy) is 2. The highest BCUT2D eigenvalue weighted by molar-refractivity contribution is 6.33. The van der Waals surface area contributed by atoms with E-state index in [9.17, 15) is 9.59 Å². The normalized spacial score (nSPS) is 30.8. The van der Waals surface area contributed by atoms with E-state index in [-0.39, 0.29) is 29.8 Å². The van der Waals surface area contributed by atoms with E-state index in [4.69, 9.17) is 24.5 Å². The highest BCUT2D eigenvalue weighted by Crippen LogP contribution is 2.58. The molecular weight excluding hydrogens is 624 g/mol. The highest BCUT2D eigenvalue weighted by atomic mass is 16.5. The maximum atomic E-state index is 13.8. The summed E-state index contributed by atoms with van der Waals surface area (Å²) in [5.41, 5.74) is 11.1. The van der Waals surface area contributed by atoms with Gasteiger partial charge in [-0.3, -0.25) is 9.98 Å². The van der Waals surface area contributed by atoms with Gasteiger partial charge in [0.2, 0.25) is 0 Å². The van der Waals surface area contributed by atoms with Crippen LogP contribution in [0.1, 0.15) is 92.7 Å². The lowest BCUT2D eigenvalue weighted by Crippen LogP contribution is -2.38. The number of carbonyl (C=O) groups excluding carboxylic acids is 2. The predicted octanol–water partition coefficient (Wildman–Crippen LogP) is 6.50. The third kappa shape index (κ3) is 4.32. The molecule has 2 aliphatic carbocycles. The number of carbonyl (C=O) groups is 2. The number of hydrogen-bond donors (Lipinski definition) is 1. The van der Waals surface area contributed by atoms with Crippen molar-refractivity contribution < 1.29 is 19.1 Å². The van der Waals surface area contributed by atoms with Gasteiger partial charge in [-0.2, -0.15) is 0 Å². The Bertz CT molecular complexity index is 2130. The van der Waals surface area contributed by atoms with E-state index < -0.39 is 10.8 Å². The Morgan fingerprint density at radius 1 is 0.840 bits per heavy atom. The monoisotopic (exact) mass is 674 g/mol. The van der Waals surface area contributed by atoms with Crippen LogP contribution in [0.3, 0.4) is 0 Å². The van der Waals surface area contributed by atoms with Crippen LogP contribution in [0.4, 0.5) is 0 Å². The number of hydrogen-bond acceptors (Lipinski definition) is 7. The predicted molar refractivity (Wildman–Crippen MR) is 199 cm³/mol. The molecule has 0 fully saturated rings. The first-order valence-electron chi connectivity index (χ1n) is 18.6. The van der Waals surface area contributed by atoms with E-state index in [1.165, 1.54) is 5.56 Å². The lowest BCUT2D eigenvalue weighted by Gasteiger charge is -2.33. The van der Waals surface area contributed by atoms with Crippen molar-refractivity contribution in [1.29, 1.82) is 0 Å². The number of allylic oxidation sites excluding steroid dienone is 6. The summed E-state index contributed by atoms with van der Waals surface area (Å²) in [7, 11) is 0. The standard InChI is InChI=1S/C42H50N4O4/c1-11-25-21(7)35-27-17-29(39(47)49-15-5)42(14-4)24(10)32(46-37(27)42)20-34-26(12-2)22(8)36(44-34)28-18-30(40(48)50-16-6)41(13-3)23(9)31(45-38(28)41)19-33(25)43-35/h17-20,23-24,31,44H,11-16H2,1-10H3/b33-19+,34-20-,36-28?. The Morgan fingerprint density at radius 2 is 1.48 bits per heavy atom. The molecule has 262 valence electrons. The van der Waals surface area contributed by atoms with Crippen molar-refractivity contribution in [2.75, 3.05) is 13.2 Å². The summed E-state index contributed by atoms with van der Waals surface area (Å²) in [4.78, 5) is 47.6. The van der Waals surface area contributed by atoms with Crippen molar-refractivity contribution in [3.63, 3.8) is 0 Å². The van der Waals surface area contributed by atoms with E-state index in [2.05, 4.69) is 72.5 Å². The molecule has 5 atom stereocenters. The van der Waals surface area contributed by atoms with Gasteiger partial charge in [0.15, 0.2) is 0 Å². The molecule has 4 aliphatic heterocycles. The van der Waals surface area contributed by atoms with Crippen LogP contribution in [0.2, 0.25) is 0 Å². The van der Waals surface area contributed by atoms with Crippen LogP contribution in [0, 0.1) is 29.6 Å². The number of fused-ring (bicyclic) bond motifs is 5. The number of esters is 2. The van der Waals surface area contributed by atoms with Crippen LogP contribution in [-0.2, 0) is 25.5 Å². The van der Waals surface area contributed by atoms with Gasteiger partial charge in [-0.1, -0.05) is 41.5 Å². The van der Waals surface area contributed by atoms with Crippen LogP contribution >= 0.6 is 0 Å². The summed E-state index contributed by atoms with van der Waals surface area (Å²) in [6, 6.07) is -0.205. The van der Waals surface area contributed by atoms with Crippen molar-refractivity contribution in [1.82, 2.24) is 4.98 Å². The minimum absolute atomic E-state index is 0.0116. The van der Waals surface area contributed by atoms with Gasteiger partial charge in [0, 0.05) is 33.5 Å². The average molecular weight is 675 g/mol. The van der Waals surface area contributed by atoms with Crippen LogP contribution < -0.4 is 10.7 Å². The molecule has 5 unspecified atom stereocenters. The third-order valence-corrected chi connectivity index (χ3v) is 12.6. The Morgan fingerprint density at radius 3 is 2.08 bits per heavy atom. The molecule has 0 amide bonds. The highest BCUT2D eigenvalue weighted by Gasteiger charge is 2.58. The molecule has 7 rings (SSSR count). The van der Waals surface area contributed by atoms with Crippen LogP contribution in [-0.4, -0.2) is 53.3 Å². The number of H-pyrrole nitrogens is 1. The van der Waals surface area contributed by atoms with Gasteiger partial charge in [-0.25, -0.2) is 14.6 Å². The molecule has 50 heavy (non-hydrogen) atoms. The quantitative estimate of drug-likeness (QED) is 0.318. The number of nitrogens with zero attached hydrogens (tertiary/aromatic N) is 3. The summed E-state index contributed by atoms with van der Waals surface area (Å²) in [6.45, 7) is 21.7. The molecule has 8 heteroatoms. The van der Waals surface area contributed by atoms with Crippen LogP contribution in [0.15, 0.2) is 72.5 Å². The fraction of sp³-hybridized carbons (Fsp3) is 0.500. The second-order valence-electron chi connectivity index (χ2n) is 14.4. The van der Waals surface area contributed by atoms with Crippen molar-refractivity contribution >= 4 is 40.7 Å². The summed E-state index contributed by atoms with van der Waals surface area (Å²) in [5, 5.41) is 1.97. The Hall–Kier alpha value is -4.33. The second kappa shape index (κ2) is 12.2. The topological polar surface area (TPSA) is 105 Å². The first-order chi connectivity index (χ1) is 24.0. The number of aromatic nitrogens is 1. The van der Waals surface area contributed by atoms with E-state index in [0.717, 1.165) is 86.3 Å². The maximum Gasteiger partial charge on any atom is 0.335 e. The largest absolute Gasteiger partial charge is 0.463 e. The maximum absolute atomic E-state index is 13.8. The molecule has 0 radical (unpaired) electrons. The summed E-state index contributed by atoms with van der Waals surface area (Å²) < 4.78 is 11.4. The SMILES string of the molecule is CCOC(=O)C1=CC2=C3N=C(/C=c4\[nH]c(c(C)c4CC)=C4C=C(C(=O)OCC)C5(CC)C4=NC(/C=C4/N=C2C(C)=C4CC)C5C)C(C)C13CC. The lowest BCUT2D eigenvalue weighted by atomic mass is 9.67. The van der Waals surface area contributed by atoms with Gasteiger partial charge in [-0.05, 0) is 106 Å². The lowest BCUT2D eigenvalue weighted by molar-refractivity contribution is -0.140. The minimum atomic E-state index is -0.628. The van der Waals surface area contributed by atoms with Crippen molar-refractivity contribution in [3.05, 3.63) is 79.3 Å². The molecular formula is C42H50N4O4. The van der Waals surface area contributed by atoms with Gasteiger partial charge in [0.25, 0.3) is 0 Å². The Kier molecular flexibility index (Phi) is 8.31. The van der Waals surface area contributed by atoms with Gasteiger partial charge in [0.1, 0.15) is 0 Å². The van der Waals surface area contributed by atoms with Crippen LogP contribution in [0.5, 0.6) is 0 Å². The first kappa shape index (κ1) is 34.1. The van der Waals surface area contributed by atoms with Gasteiger partial charge < -0.3 is 14.5 Å². The van der Waals surface area contributed by atoms with Crippen molar-refractivity contribution in [3.8, 4) is 0 Å². The molecule has 1 aromatic heterocycles. The summed E-state index contributed by atoms with van der Waals surface area (Å²) in [6.07, 6.45) is 11.5. The summed E-state index contributed by atoms with van der Waals surface area (Å²) >= 11 is 0.